The van der Waals surface area contributed by atoms with Gasteiger partial charge in [-0.2, -0.15) is 0 Å². The number of carbonyl (C=O) groups excluding carboxylic acids is 2. The zero-order valence-corrected chi connectivity index (χ0v) is 22.9. The van der Waals surface area contributed by atoms with Gasteiger partial charge in [-0.25, -0.2) is 4.79 Å². The number of alkyl carbamates (subject to hydrolysis) is 1. The molecule has 9 heteroatoms. The molecule has 41 heavy (non-hydrogen) atoms. The first-order chi connectivity index (χ1) is 19.9. The number of hydrogen-bond donors (Lipinski definition) is 3. The second-order valence-electron chi connectivity index (χ2n) is 10.6. The van der Waals surface area contributed by atoms with E-state index in [0.717, 1.165) is 32.7 Å². The van der Waals surface area contributed by atoms with Gasteiger partial charge in [-0.05, 0) is 40.7 Å². The van der Waals surface area contributed by atoms with Gasteiger partial charge in [-0.15, -0.1) is 0 Å². The fourth-order valence-corrected chi connectivity index (χ4v) is 6.00. The maximum absolute atomic E-state index is 13.8. The summed E-state index contributed by atoms with van der Waals surface area (Å²) in [5.41, 5.74) is 4.18. The fraction of sp³-hybridized carbons (Fsp3) is 0.344. The van der Waals surface area contributed by atoms with Crippen molar-refractivity contribution in [2.75, 3.05) is 39.4 Å². The Labute approximate surface area is 239 Å². The summed E-state index contributed by atoms with van der Waals surface area (Å²) >= 11 is 0. The van der Waals surface area contributed by atoms with Crippen LogP contribution in [0.5, 0.6) is 0 Å². The number of ether oxygens (including phenoxy) is 1. The summed E-state index contributed by atoms with van der Waals surface area (Å²) < 4.78 is 5.76. The molecule has 3 aromatic rings. The number of carboxylic acid groups (broad SMARTS) is 1. The van der Waals surface area contributed by atoms with Crippen LogP contribution in [-0.2, 0) is 20.9 Å². The number of carbonyl (C=O) groups is 3. The number of hydrogen-bond acceptors (Lipinski definition) is 6. The Morgan fingerprint density at radius 2 is 1.49 bits per heavy atom. The number of rotatable bonds is 10. The number of nitrogens with zero attached hydrogens (tertiary/aromatic N) is 2. The van der Waals surface area contributed by atoms with E-state index >= 15 is 0 Å². The molecule has 0 unspecified atom stereocenters. The minimum Gasteiger partial charge on any atom is -0.480 e. The van der Waals surface area contributed by atoms with Crippen LogP contribution in [0.1, 0.15) is 35.4 Å². The van der Waals surface area contributed by atoms with Gasteiger partial charge in [0, 0.05) is 32.1 Å². The maximum Gasteiger partial charge on any atom is 0.408 e. The van der Waals surface area contributed by atoms with Crippen LogP contribution < -0.4 is 5.32 Å². The van der Waals surface area contributed by atoms with Crippen molar-refractivity contribution >= 4 is 18.0 Å². The van der Waals surface area contributed by atoms with E-state index < -0.39 is 30.1 Å². The molecule has 2 aliphatic rings. The molecule has 1 aliphatic carbocycles. The minimum atomic E-state index is -1.35. The Bertz CT molecular complexity index is 1340. The Morgan fingerprint density at radius 1 is 0.902 bits per heavy atom. The number of aliphatic carboxylic acids is 1. The van der Waals surface area contributed by atoms with Crippen molar-refractivity contribution in [1.29, 1.82) is 0 Å². The molecule has 2 amide bonds. The molecule has 0 radical (unpaired) electrons. The lowest BCUT2D eigenvalue weighted by Gasteiger charge is -2.43. The molecule has 0 aromatic heterocycles. The van der Waals surface area contributed by atoms with E-state index in [1.54, 1.807) is 0 Å². The molecular formula is C32H35N3O6. The van der Waals surface area contributed by atoms with Crippen molar-refractivity contribution in [3.8, 4) is 11.1 Å². The molecule has 1 aliphatic heterocycles. The first-order valence-corrected chi connectivity index (χ1v) is 13.9. The van der Waals surface area contributed by atoms with E-state index in [1.807, 2.05) is 66.7 Å². The normalized spacial score (nSPS) is 15.9. The first-order valence-electron chi connectivity index (χ1n) is 13.9. The monoisotopic (exact) mass is 557 g/mol. The maximum atomic E-state index is 13.8. The Morgan fingerprint density at radius 3 is 2.07 bits per heavy atom. The van der Waals surface area contributed by atoms with E-state index in [4.69, 9.17) is 4.74 Å². The quantitative estimate of drug-likeness (QED) is 0.349. The fourth-order valence-electron chi connectivity index (χ4n) is 6.00. The number of benzene rings is 3. The zero-order chi connectivity index (χ0) is 28.8. The Hall–Kier alpha value is -4.21. The Kier molecular flexibility index (Phi) is 8.66. The minimum absolute atomic E-state index is 0.0970. The predicted octanol–water partition coefficient (Wildman–Crippen LogP) is 3.47. The van der Waals surface area contributed by atoms with E-state index in [2.05, 4.69) is 22.3 Å². The molecule has 1 fully saturated rings. The zero-order valence-electron chi connectivity index (χ0n) is 22.9. The summed E-state index contributed by atoms with van der Waals surface area (Å²) in [4.78, 5) is 41.9. The van der Waals surface area contributed by atoms with Gasteiger partial charge in [0.15, 0.2) is 0 Å². The molecule has 9 nitrogen and oxygen atoms in total. The summed E-state index contributed by atoms with van der Waals surface area (Å²) in [6.07, 6.45) is -0.162. The van der Waals surface area contributed by atoms with Crippen molar-refractivity contribution in [3.05, 3.63) is 95.6 Å². The third-order valence-electron chi connectivity index (χ3n) is 8.04. The van der Waals surface area contributed by atoms with Crippen LogP contribution >= 0.6 is 0 Å². The van der Waals surface area contributed by atoms with Crippen LogP contribution in [-0.4, -0.2) is 82.9 Å². The third-order valence-corrected chi connectivity index (χ3v) is 8.04. The topological polar surface area (TPSA) is 119 Å². The number of carboxylic acids is 1. The predicted molar refractivity (Wildman–Crippen MR) is 153 cm³/mol. The molecule has 5 rings (SSSR count). The highest BCUT2D eigenvalue weighted by atomic mass is 16.5. The second-order valence-corrected chi connectivity index (χ2v) is 10.6. The van der Waals surface area contributed by atoms with Crippen LogP contribution in [0.15, 0.2) is 78.9 Å². The summed E-state index contributed by atoms with van der Waals surface area (Å²) in [5.74, 6) is -1.85. The molecule has 3 N–H and O–H groups in total. The lowest BCUT2D eigenvalue weighted by molar-refractivity contribution is -0.149. The van der Waals surface area contributed by atoms with Gasteiger partial charge in [0.05, 0.1) is 6.61 Å². The van der Waals surface area contributed by atoms with Gasteiger partial charge in [-0.1, -0.05) is 78.9 Å². The molecule has 3 aromatic carbocycles. The molecule has 1 saturated heterocycles. The number of likely N-dealkylation sites (tertiary alicyclic amines) is 1. The number of piperidine rings is 1. The average molecular weight is 558 g/mol. The first kappa shape index (κ1) is 28.3. The summed E-state index contributed by atoms with van der Waals surface area (Å²) in [7, 11) is 0. The van der Waals surface area contributed by atoms with Crippen LogP contribution in [0, 0.1) is 0 Å². The molecule has 1 heterocycles. The summed E-state index contributed by atoms with van der Waals surface area (Å²) in [6, 6.07) is 26.1. The average Bonchev–Trinajstić information content (AvgIpc) is 3.30. The van der Waals surface area contributed by atoms with Crippen molar-refractivity contribution in [2.24, 2.45) is 0 Å². The lowest BCUT2D eigenvalue weighted by atomic mass is 9.85. The van der Waals surface area contributed by atoms with Crippen LogP contribution in [0.4, 0.5) is 4.79 Å². The largest absolute Gasteiger partial charge is 0.480 e. The van der Waals surface area contributed by atoms with Crippen LogP contribution in [0.25, 0.3) is 11.1 Å². The van der Waals surface area contributed by atoms with Gasteiger partial charge in [-0.3, -0.25) is 14.5 Å². The standard InChI is InChI=1S/C32H35N3O6/c36-19-18-35(21-29(37)38)30(39)32(14-16-34(17-15-32)20-23-8-2-1-3-9-23)33-31(40)41-22-28-26-12-6-4-10-24(26)25-11-5-7-13-27(25)28/h1-13,28,36H,14-22H2,(H,33,40)(H,37,38). The van der Waals surface area contributed by atoms with Crippen molar-refractivity contribution in [3.63, 3.8) is 0 Å². The number of aliphatic hydroxyl groups excluding tert-OH is 1. The highest BCUT2D eigenvalue weighted by Crippen LogP contribution is 2.44. The smallest absolute Gasteiger partial charge is 0.408 e. The van der Waals surface area contributed by atoms with Crippen LogP contribution in [0.2, 0.25) is 0 Å². The number of aliphatic hydroxyl groups is 1. The van der Waals surface area contributed by atoms with Crippen LogP contribution in [0.3, 0.4) is 0 Å². The second kappa shape index (κ2) is 12.5. The molecule has 0 bridgehead atoms. The van der Waals surface area contributed by atoms with Gasteiger partial charge < -0.3 is 25.2 Å². The molecule has 0 atom stereocenters. The molecule has 214 valence electrons. The summed E-state index contributed by atoms with van der Waals surface area (Å²) in [5, 5.41) is 21.8. The third kappa shape index (κ3) is 6.26. The van der Waals surface area contributed by atoms with E-state index in [9.17, 15) is 24.6 Å². The number of amides is 2. The molecule has 0 saturated carbocycles. The van der Waals surface area contributed by atoms with E-state index in [1.165, 1.54) is 0 Å². The van der Waals surface area contributed by atoms with E-state index in [-0.39, 0.29) is 38.5 Å². The highest BCUT2D eigenvalue weighted by Gasteiger charge is 2.46. The summed E-state index contributed by atoms with van der Waals surface area (Å²) in [6.45, 7) is 0.730. The number of fused-ring (bicyclic) bond motifs is 3. The van der Waals surface area contributed by atoms with Crippen molar-refractivity contribution in [2.45, 2.75) is 30.8 Å². The molecule has 0 spiro atoms. The van der Waals surface area contributed by atoms with Gasteiger partial charge in [0.25, 0.3) is 0 Å². The SMILES string of the molecule is O=C(O)CN(CCO)C(=O)C1(NC(=O)OCC2c3ccccc3-c3ccccc32)CCN(Cc2ccccc2)CC1. The van der Waals surface area contributed by atoms with Gasteiger partial charge >= 0.3 is 12.1 Å². The van der Waals surface area contributed by atoms with Gasteiger partial charge in [0.2, 0.25) is 5.91 Å². The van der Waals surface area contributed by atoms with Crippen molar-refractivity contribution < 1.29 is 29.3 Å². The van der Waals surface area contributed by atoms with Crippen molar-refractivity contribution in [1.82, 2.24) is 15.1 Å². The highest BCUT2D eigenvalue weighted by molar-refractivity contribution is 5.92. The Balaban J connectivity index is 1.31. The molecular weight excluding hydrogens is 522 g/mol. The lowest BCUT2D eigenvalue weighted by Crippen LogP contribution is -2.64. The number of nitrogens with one attached hydrogen (secondary N) is 1. The van der Waals surface area contributed by atoms with Gasteiger partial charge in [0.1, 0.15) is 18.7 Å². The van der Waals surface area contributed by atoms with E-state index in [0.29, 0.717) is 19.6 Å².